The normalized spacial score (nSPS) is 21.8. The number of nitrogens with zero attached hydrogens (tertiary/aromatic N) is 2. The second kappa shape index (κ2) is 8.25. The third-order valence-corrected chi connectivity index (χ3v) is 7.23. The Morgan fingerprint density at radius 3 is 2.52 bits per heavy atom. The van der Waals surface area contributed by atoms with Crippen LogP contribution in [0.5, 0.6) is 0 Å². The van der Waals surface area contributed by atoms with Crippen LogP contribution in [0, 0.1) is 0 Å². The Bertz CT molecular complexity index is 1000. The lowest BCUT2D eigenvalue weighted by Crippen LogP contribution is -2.49. The Morgan fingerprint density at radius 1 is 1.10 bits per heavy atom. The van der Waals surface area contributed by atoms with Crippen LogP contribution in [0.1, 0.15) is 30.5 Å². The SMILES string of the molecule is CCOC(=O)C1Cc2ccccc2CN1C(=O)[SH]1C=C(C)N=C1c1ccccc1. The summed E-state index contributed by atoms with van der Waals surface area (Å²) < 4.78 is 5.30. The van der Waals surface area contributed by atoms with Gasteiger partial charge in [0.2, 0.25) is 0 Å². The first kappa shape index (κ1) is 19.5. The van der Waals surface area contributed by atoms with Crippen molar-refractivity contribution >= 4 is 27.1 Å². The van der Waals surface area contributed by atoms with E-state index < -0.39 is 16.9 Å². The molecule has 5 nitrogen and oxygen atoms in total. The molecule has 2 heterocycles. The first-order valence-corrected chi connectivity index (χ1v) is 11.2. The van der Waals surface area contributed by atoms with E-state index in [0.717, 1.165) is 27.4 Å². The van der Waals surface area contributed by atoms with Gasteiger partial charge in [0.15, 0.2) is 0 Å². The van der Waals surface area contributed by atoms with Crippen molar-refractivity contribution in [2.24, 2.45) is 4.99 Å². The zero-order valence-electron chi connectivity index (χ0n) is 16.5. The third-order valence-electron chi connectivity index (χ3n) is 5.12. The number of hydrogen-bond acceptors (Lipinski definition) is 4. The van der Waals surface area contributed by atoms with E-state index in [4.69, 9.17) is 4.74 Å². The minimum atomic E-state index is -1.29. The van der Waals surface area contributed by atoms with Crippen molar-refractivity contribution in [2.75, 3.05) is 6.61 Å². The second-order valence-corrected chi connectivity index (χ2v) is 8.90. The van der Waals surface area contributed by atoms with E-state index in [2.05, 4.69) is 4.99 Å². The number of allylic oxidation sites excluding steroid dienone is 1. The van der Waals surface area contributed by atoms with Gasteiger partial charge in [0.25, 0.3) is 5.24 Å². The first-order chi connectivity index (χ1) is 14.1. The van der Waals surface area contributed by atoms with Crippen molar-refractivity contribution in [3.8, 4) is 0 Å². The maximum atomic E-state index is 13.7. The van der Waals surface area contributed by atoms with Gasteiger partial charge in [-0.25, -0.2) is 9.79 Å². The zero-order chi connectivity index (χ0) is 20.4. The Morgan fingerprint density at radius 2 is 1.79 bits per heavy atom. The molecular weight excluding hydrogens is 384 g/mol. The minimum Gasteiger partial charge on any atom is -0.464 e. The number of esters is 1. The predicted molar refractivity (Wildman–Crippen MR) is 117 cm³/mol. The van der Waals surface area contributed by atoms with Gasteiger partial charge in [-0.1, -0.05) is 54.6 Å². The monoisotopic (exact) mass is 408 g/mol. The molecule has 0 fully saturated rings. The fraction of sp³-hybridized carbons (Fsp3) is 0.261. The van der Waals surface area contributed by atoms with Crippen LogP contribution in [0.25, 0.3) is 0 Å². The van der Waals surface area contributed by atoms with Gasteiger partial charge in [-0.05, 0) is 30.4 Å². The Kier molecular flexibility index (Phi) is 5.53. The number of thiol groups is 1. The maximum absolute atomic E-state index is 13.7. The number of carbonyl (C=O) groups excluding carboxylic acids is 2. The number of ether oxygens (including phenoxy) is 1. The predicted octanol–water partition coefficient (Wildman–Crippen LogP) is 4.42. The second-order valence-electron chi connectivity index (χ2n) is 7.09. The molecule has 4 rings (SSSR count). The highest BCUT2D eigenvalue weighted by Gasteiger charge is 2.39. The van der Waals surface area contributed by atoms with Crippen molar-refractivity contribution in [3.63, 3.8) is 0 Å². The zero-order valence-corrected chi connectivity index (χ0v) is 17.4. The fourth-order valence-electron chi connectivity index (χ4n) is 3.75. The average molecular weight is 409 g/mol. The van der Waals surface area contributed by atoms with Crippen LogP contribution in [0.2, 0.25) is 0 Å². The van der Waals surface area contributed by atoms with E-state index in [1.807, 2.05) is 66.9 Å². The summed E-state index contributed by atoms with van der Waals surface area (Å²) in [5, 5.41) is 2.69. The molecule has 150 valence electrons. The van der Waals surface area contributed by atoms with Crippen LogP contribution < -0.4 is 0 Å². The van der Waals surface area contributed by atoms with Crippen molar-refractivity contribution in [1.29, 1.82) is 0 Å². The maximum Gasteiger partial charge on any atom is 0.329 e. The molecule has 0 aliphatic carbocycles. The van der Waals surface area contributed by atoms with E-state index in [1.165, 1.54) is 0 Å². The van der Waals surface area contributed by atoms with Crippen LogP contribution in [0.3, 0.4) is 0 Å². The third kappa shape index (κ3) is 3.85. The summed E-state index contributed by atoms with van der Waals surface area (Å²) >= 11 is 0. The molecule has 0 radical (unpaired) electrons. The molecule has 0 bridgehead atoms. The van der Waals surface area contributed by atoms with Crippen molar-refractivity contribution < 1.29 is 14.3 Å². The smallest absolute Gasteiger partial charge is 0.329 e. The molecule has 2 unspecified atom stereocenters. The highest BCUT2D eigenvalue weighted by Crippen LogP contribution is 2.43. The Hall–Kier alpha value is -2.86. The van der Waals surface area contributed by atoms with Gasteiger partial charge >= 0.3 is 5.97 Å². The summed E-state index contributed by atoms with van der Waals surface area (Å²) in [6, 6.07) is 17.2. The molecule has 2 aromatic rings. The van der Waals surface area contributed by atoms with Gasteiger partial charge in [-0.15, -0.1) is 10.9 Å². The standard InChI is InChI=1S/C23H24N2O3S/c1-3-28-22(26)20-13-18-11-7-8-12-19(18)14-25(20)23(27)29-15-16(2)24-21(29)17-9-5-4-6-10-17/h4-12,15,20,29H,3,13-14H2,1-2H3. The van der Waals surface area contributed by atoms with E-state index in [0.29, 0.717) is 19.6 Å². The van der Waals surface area contributed by atoms with Gasteiger partial charge < -0.3 is 9.64 Å². The van der Waals surface area contributed by atoms with Gasteiger partial charge in [-0.3, -0.25) is 4.79 Å². The number of rotatable bonds is 3. The summed E-state index contributed by atoms with van der Waals surface area (Å²) in [5.74, 6) is -0.344. The number of carbonyl (C=O) groups is 2. The fourth-order valence-corrected chi connectivity index (χ4v) is 5.77. The van der Waals surface area contributed by atoms with Gasteiger partial charge in [-0.2, -0.15) is 0 Å². The number of fused-ring (bicyclic) bond motifs is 1. The summed E-state index contributed by atoms with van der Waals surface area (Å²) in [6.07, 6.45) is 0.477. The van der Waals surface area contributed by atoms with E-state index in [1.54, 1.807) is 11.8 Å². The quantitative estimate of drug-likeness (QED) is 0.604. The topological polar surface area (TPSA) is 59.0 Å². The largest absolute Gasteiger partial charge is 0.464 e. The summed E-state index contributed by atoms with van der Waals surface area (Å²) in [4.78, 5) is 32.7. The molecule has 6 heteroatoms. The molecule has 0 spiro atoms. The lowest BCUT2D eigenvalue weighted by molar-refractivity contribution is -0.148. The number of aliphatic imine (C=N–C) groups is 1. The van der Waals surface area contributed by atoms with E-state index in [-0.39, 0.29) is 11.2 Å². The molecule has 1 amide bonds. The molecule has 0 saturated heterocycles. The Balaban J connectivity index is 1.68. The molecule has 0 N–H and O–H groups in total. The highest BCUT2D eigenvalue weighted by molar-refractivity contribution is 8.43. The molecule has 2 atom stereocenters. The molecule has 29 heavy (non-hydrogen) atoms. The van der Waals surface area contributed by atoms with Gasteiger partial charge in [0.1, 0.15) is 6.04 Å². The lowest BCUT2D eigenvalue weighted by atomic mass is 9.94. The summed E-state index contributed by atoms with van der Waals surface area (Å²) in [6.45, 7) is 4.40. The van der Waals surface area contributed by atoms with Crippen LogP contribution in [0.4, 0.5) is 4.79 Å². The number of benzene rings is 2. The van der Waals surface area contributed by atoms with Gasteiger partial charge in [0, 0.05) is 24.2 Å². The molecule has 0 aromatic heterocycles. The van der Waals surface area contributed by atoms with Crippen molar-refractivity contribution in [1.82, 2.24) is 4.90 Å². The van der Waals surface area contributed by atoms with Crippen molar-refractivity contribution in [2.45, 2.75) is 32.9 Å². The number of amides is 1. The molecule has 2 aliphatic heterocycles. The van der Waals surface area contributed by atoms with Crippen LogP contribution in [-0.2, 0) is 22.5 Å². The molecule has 2 aliphatic rings. The molecular formula is C23H24N2O3S. The van der Waals surface area contributed by atoms with E-state index in [9.17, 15) is 9.59 Å². The summed E-state index contributed by atoms with van der Waals surface area (Å²) in [7, 11) is -1.29. The van der Waals surface area contributed by atoms with E-state index >= 15 is 0 Å². The van der Waals surface area contributed by atoms with Crippen LogP contribution >= 0.6 is 10.9 Å². The summed E-state index contributed by atoms with van der Waals surface area (Å²) in [5.41, 5.74) is 3.96. The first-order valence-electron chi connectivity index (χ1n) is 9.74. The van der Waals surface area contributed by atoms with Crippen molar-refractivity contribution in [3.05, 3.63) is 82.4 Å². The number of hydrogen-bond donors (Lipinski definition) is 1. The molecule has 2 aromatic carbocycles. The van der Waals surface area contributed by atoms with Crippen LogP contribution in [-0.4, -0.2) is 33.8 Å². The lowest BCUT2D eigenvalue weighted by Gasteiger charge is -2.37. The molecule has 0 saturated carbocycles. The Labute approximate surface area is 173 Å². The minimum absolute atomic E-state index is 0.0491. The average Bonchev–Trinajstić information content (AvgIpc) is 3.14. The highest BCUT2D eigenvalue weighted by atomic mass is 32.2. The van der Waals surface area contributed by atoms with Gasteiger partial charge in [0.05, 0.1) is 11.7 Å². The van der Waals surface area contributed by atoms with Crippen LogP contribution in [0.15, 0.2) is 70.7 Å².